The van der Waals surface area contributed by atoms with E-state index >= 15 is 0 Å². The Morgan fingerprint density at radius 3 is 2.60 bits per heavy atom. The van der Waals surface area contributed by atoms with Crippen LogP contribution in [0.4, 0.5) is 15.9 Å². The molecule has 1 aromatic carbocycles. The van der Waals surface area contributed by atoms with Gasteiger partial charge in [-0.25, -0.2) is 9.37 Å². The zero-order valence-electron chi connectivity index (χ0n) is 21.6. The van der Waals surface area contributed by atoms with Crippen LogP contribution in [-0.4, -0.2) is 56.9 Å². The smallest absolute Gasteiger partial charge is 0.167 e. The Kier molecular flexibility index (Phi) is 8.92. The molecule has 1 spiro atoms. The minimum atomic E-state index is -1.86. The summed E-state index contributed by atoms with van der Waals surface area (Å²) in [5.74, 6) is -0.204. The van der Waals surface area contributed by atoms with Crippen LogP contribution in [0.2, 0.25) is 10.0 Å². The number of nitriles is 1. The number of pyridine rings is 2. The lowest BCUT2D eigenvalue weighted by Gasteiger charge is -2.56. The standard InChI is InChI=1S/C25H22Cl2FN7O.CH4O2S/c1-13-22(27)17(18(26)7-33-13)8-36-21-3-16(20(30)4-19(21)28)23(31)15-2-14(5-29)24(34-6-15)35-11-25(12-35)9-32-10-25;1-4(2)3/h2-4,6-7,31-32H,8-12,30H2,1H3;1H3,(H,2,3)/p-1. The number of nitrogens with zero attached hydrogens (tertiary/aromatic N) is 4. The lowest BCUT2D eigenvalue weighted by molar-refractivity contribution is 0.120. The minimum absolute atomic E-state index is 0.00741. The number of rotatable bonds is 6. The van der Waals surface area contributed by atoms with E-state index in [1.807, 2.05) is 0 Å². The number of benzene rings is 1. The molecule has 2 aromatic heterocycles. The van der Waals surface area contributed by atoms with E-state index in [1.54, 1.807) is 13.0 Å². The number of hydrogen-bond donors (Lipinski definition) is 3. The van der Waals surface area contributed by atoms with Gasteiger partial charge in [0.15, 0.2) is 11.6 Å². The summed E-state index contributed by atoms with van der Waals surface area (Å²) in [7, 11) is 0. The van der Waals surface area contributed by atoms with Gasteiger partial charge in [-0.1, -0.05) is 34.3 Å². The molecule has 0 radical (unpaired) electrons. The Hall–Kier alpha value is -3.34. The van der Waals surface area contributed by atoms with E-state index in [4.69, 9.17) is 47.8 Å². The second-order valence-electron chi connectivity index (χ2n) is 9.59. The SMILES string of the molecule is CS(=O)[O-].Cc1ncc(Cl)c(COc2cc(C(=N)c3cnc(N4CC5(CNC5)C4)c(C#N)c3)c(N)cc2F)c1Cl. The Morgan fingerprint density at radius 1 is 1.32 bits per heavy atom. The molecule has 0 aliphatic carbocycles. The van der Waals surface area contributed by atoms with Crippen molar-refractivity contribution in [3.05, 3.63) is 74.4 Å². The van der Waals surface area contributed by atoms with E-state index in [2.05, 4.69) is 26.3 Å². The summed E-state index contributed by atoms with van der Waals surface area (Å²) in [6.07, 6.45) is 4.07. The molecule has 2 aliphatic heterocycles. The summed E-state index contributed by atoms with van der Waals surface area (Å²) >= 11 is 10.6. The predicted molar refractivity (Wildman–Crippen MR) is 151 cm³/mol. The average Bonchev–Trinajstić information content (AvgIpc) is 2.85. The van der Waals surface area contributed by atoms with Gasteiger partial charge in [-0.3, -0.25) is 14.6 Å². The fraction of sp³-hybridized carbons (Fsp3) is 0.308. The van der Waals surface area contributed by atoms with Gasteiger partial charge in [0.1, 0.15) is 18.5 Å². The zero-order chi connectivity index (χ0) is 29.2. The van der Waals surface area contributed by atoms with Gasteiger partial charge >= 0.3 is 0 Å². The second-order valence-corrected chi connectivity index (χ2v) is 11.2. The zero-order valence-corrected chi connectivity index (χ0v) is 23.9. The first-order chi connectivity index (χ1) is 18.9. The summed E-state index contributed by atoms with van der Waals surface area (Å²) in [5, 5.41) is 22.3. The molecule has 2 fully saturated rings. The third kappa shape index (κ3) is 6.19. The predicted octanol–water partition coefficient (Wildman–Crippen LogP) is 3.58. The molecule has 1 atom stereocenters. The van der Waals surface area contributed by atoms with Crippen LogP contribution in [0.1, 0.15) is 27.9 Å². The van der Waals surface area contributed by atoms with Crippen LogP contribution in [0, 0.1) is 34.9 Å². The molecular weight excluding hydrogens is 580 g/mol. The van der Waals surface area contributed by atoms with Gasteiger partial charge in [-0.2, -0.15) is 5.26 Å². The molecule has 10 nitrogen and oxygen atoms in total. The third-order valence-corrected chi connectivity index (χ3v) is 7.44. The molecular formula is C26H25Cl2FN7O3S-. The van der Waals surface area contributed by atoms with Gasteiger partial charge in [0.05, 0.1) is 27.0 Å². The van der Waals surface area contributed by atoms with Crippen LogP contribution >= 0.6 is 23.2 Å². The average molecular weight is 606 g/mol. The van der Waals surface area contributed by atoms with Gasteiger partial charge in [-0.15, -0.1) is 0 Å². The fourth-order valence-electron chi connectivity index (χ4n) is 4.49. The first kappa shape index (κ1) is 29.6. The van der Waals surface area contributed by atoms with E-state index in [1.165, 1.54) is 18.5 Å². The van der Waals surface area contributed by atoms with Crippen LogP contribution in [0.25, 0.3) is 0 Å². The number of halogens is 3. The molecule has 4 heterocycles. The normalized spacial score (nSPS) is 15.7. The van der Waals surface area contributed by atoms with Crippen molar-refractivity contribution in [2.24, 2.45) is 5.41 Å². The highest BCUT2D eigenvalue weighted by Crippen LogP contribution is 2.38. The maximum Gasteiger partial charge on any atom is 0.167 e. The van der Waals surface area contributed by atoms with Crippen molar-refractivity contribution in [1.29, 1.82) is 10.7 Å². The molecule has 5 rings (SSSR count). The Balaban J connectivity index is 0.000000867. The van der Waals surface area contributed by atoms with Gasteiger partial charge in [0.25, 0.3) is 0 Å². The summed E-state index contributed by atoms with van der Waals surface area (Å²) in [5.41, 5.74) is 8.43. The molecule has 2 aliphatic rings. The first-order valence-electron chi connectivity index (χ1n) is 11.9. The number of aromatic nitrogens is 2. The highest BCUT2D eigenvalue weighted by atomic mass is 35.5. The van der Waals surface area contributed by atoms with Gasteiger partial charge in [0, 0.05) is 72.4 Å². The van der Waals surface area contributed by atoms with Crippen molar-refractivity contribution in [3.63, 3.8) is 0 Å². The number of nitrogens with two attached hydrogens (primary N) is 1. The summed E-state index contributed by atoms with van der Waals surface area (Å²) in [4.78, 5) is 10.6. The highest BCUT2D eigenvalue weighted by Gasteiger charge is 2.48. The number of anilines is 2. The Labute approximate surface area is 243 Å². The van der Waals surface area contributed by atoms with Crippen LogP contribution < -0.4 is 20.7 Å². The molecule has 1 unspecified atom stereocenters. The second kappa shape index (κ2) is 12.0. The lowest BCUT2D eigenvalue weighted by Crippen LogP contribution is -2.71. The maximum atomic E-state index is 14.7. The summed E-state index contributed by atoms with van der Waals surface area (Å²) in [6, 6.07) is 6.24. The van der Waals surface area contributed by atoms with Crippen molar-refractivity contribution in [2.75, 3.05) is 43.1 Å². The van der Waals surface area contributed by atoms with Crippen LogP contribution in [-0.2, 0) is 17.7 Å². The van der Waals surface area contributed by atoms with E-state index in [0.29, 0.717) is 38.2 Å². The number of nitrogens with one attached hydrogen (secondary N) is 2. The summed E-state index contributed by atoms with van der Waals surface area (Å²) < 4.78 is 38.3. The van der Waals surface area contributed by atoms with Crippen LogP contribution in [0.3, 0.4) is 0 Å². The molecule has 14 heteroatoms. The number of aryl methyl sites for hydroxylation is 1. The van der Waals surface area contributed by atoms with Gasteiger partial charge in [-0.05, 0) is 25.3 Å². The number of ether oxygens (including phenoxy) is 1. The molecule has 0 amide bonds. The maximum absolute atomic E-state index is 14.7. The first-order valence-corrected chi connectivity index (χ1v) is 14.2. The molecule has 210 valence electrons. The monoisotopic (exact) mass is 604 g/mol. The molecule has 3 aromatic rings. The topological polar surface area (TPSA) is 164 Å². The van der Waals surface area contributed by atoms with E-state index in [9.17, 15) is 9.65 Å². The molecule has 0 saturated carbocycles. The quantitative estimate of drug-likeness (QED) is 0.216. The van der Waals surface area contributed by atoms with Gasteiger partial charge < -0.3 is 25.2 Å². The number of nitrogen functional groups attached to an aromatic ring is 1. The van der Waals surface area contributed by atoms with Gasteiger partial charge in [0.2, 0.25) is 0 Å². The van der Waals surface area contributed by atoms with Crippen molar-refractivity contribution in [3.8, 4) is 11.8 Å². The highest BCUT2D eigenvalue weighted by molar-refractivity contribution is 7.78. The van der Waals surface area contributed by atoms with Crippen LogP contribution in [0.5, 0.6) is 5.75 Å². The molecule has 2 saturated heterocycles. The Bertz CT molecular complexity index is 1530. The van der Waals surface area contributed by atoms with Crippen molar-refractivity contribution < 1.29 is 17.9 Å². The fourth-order valence-corrected chi connectivity index (χ4v) is 4.94. The molecule has 0 bridgehead atoms. The largest absolute Gasteiger partial charge is 0.773 e. The summed E-state index contributed by atoms with van der Waals surface area (Å²) in [6.45, 7) is 5.26. The molecule has 40 heavy (non-hydrogen) atoms. The Morgan fingerprint density at radius 2 is 2.00 bits per heavy atom. The number of hydrogen-bond acceptors (Lipinski definition) is 10. The van der Waals surface area contributed by atoms with Crippen LogP contribution in [0.15, 0.2) is 30.6 Å². The van der Waals surface area contributed by atoms with Crippen molar-refractivity contribution in [2.45, 2.75) is 13.5 Å². The van der Waals surface area contributed by atoms with E-state index in [-0.39, 0.29) is 34.7 Å². The molecule has 4 N–H and O–H groups in total. The van der Waals surface area contributed by atoms with E-state index in [0.717, 1.165) is 38.5 Å². The third-order valence-electron chi connectivity index (χ3n) is 6.62. The van der Waals surface area contributed by atoms with Crippen molar-refractivity contribution >= 4 is 51.5 Å². The van der Waals surface area contributed by atoms with E-state index < -0.39 is 16.9 Å². The minimum Gasteiger partial charge on any atom is -0.773 e. The lowest BCUT2D eigenvalue weighted by atomic mass is 9.74. The van der Waals surface area contributed by atoms with Crippen molar-refractivity contribution in [1.82, 2.24) is 15.3 Å².